The second-order valence-corrected chi connectivity index (χ2v) is 3.78. The number of hydrogen-bond acceptors (Lipinski definition) is 2. The van der Waals surface area contributed by atoms with Gasteiger partial charge in [0.25, 0.3) is 0 Å². The minimum absolute atomic E-state index is 0.392. The third-order valence-electron chi connectivity index (χ3n) is 2.05. The van der Waals surface area contributed by atoms with Crippen LogP contribution in [0, 0.1) is 5.92 Å². The van der Waals surface area contributed by atoms with E-state index in [0.717, 1.165) is 25.0 Å². The minimum Gasteiger partial charge on any atom is -0.299 e. The Hall–Kier alpha value is 0.0200. The van der Waals surface area contributed by atoms with E-state index in [2.05, 4.69) is 6.26 Å². The van der Waals surface area contributed by atoms with E-state index in [1.54, 1.807) is 11.8 Å². The largest absolute Gasteiger partial charge is 0.299 e. The molecule has 1 fully saturated rings. The Morgan fingerprint density at radius 1 is 1.60 bits per heavy atom. The standard InChI is InChI=1S/C8H14OS/c1-10-6-7-4-2-3-5-8(7)9/h7H,2-6H2,1H3. The molecule has 1 aliphatic rings. The first-order chi connectivity index (χ1) is 4.84. The van der Waals surface area contributed by atoms with E-state index >= 15 is 0 Å². The summed E-state index contributed by atoms with van der Waals surface area (Å²) in [5.41, 5.74) is 0. The predicted octanol–water partition coefficient (Wildman–Crippen LogP) is 2.11. The first-order valence-corrected chi connectivity index (χ1v) is 5.25. The zero-order valence-corrected chi connectivity index (χ0v) is 7.25. The van der Waals surface area contributed by atoms with E-state index in [4.69, 9.17) is 0 Å². The van der Waals surface area contributed by atoms with Crippen LogP contribution >= 0.6 is 11.8 Å². The minimum atomic E-state index is 0.392. The van der Waals surface area contributed by atoms with Gasteiger partial charge < -0.3 is 0 Å². The molecule has 1 saturated carbocycles. The summed E-state index contributed by atoms with van der Waals surface area (Å²) in [6.07, 6.45) is 6.44. The normalized spacial score (nSPS) is 26.9. The van der Waals surface area contributed by atoms with E-state index < -0.39 is 0 Å². The molecule has 1 atom stereocenters. The summed E-state index contributed by atoms with van der Waals surface area (Å²) in [7, 11) is 0. The van der Waals surface area contributed by atoms with Gasteiger partial charge in [-0.1, -0.05) is 6.42 Å². The molecule has 0 radical (unpaired) electrons. The highest BCUT2D eigenvalue weighted by atomic mass is 32.2. The average molecular weight is 158 g/mol. The fraction of sp³-hybridized carbons (Fsp3) is 0.875. The number of hydrogen-bond donors (Lipinski definition) is 0. The van der Waals surface area contributed by atoms with E-state index in [1.165, 1.54) is 6.42 Å². The number of carbonyl (C=O) groups is 1. The molecule has 0 aromatic rings. The van der Waals surface area contributed by atoms with Crippen molar-refractivity contribution in [1.29, 1.82) is 0 Å². The zero-order valence-electron chi connectivity index (χ0n) is 6.43. The second-order valence-electron chi connectivity index (χ2n) is 2.86. The van der Waals surface area contributed by atoms with Gasteiger partial charge in [0.05, 0.1) is 0 Å². The van der Waals surface area contributed by atoms with Crippen LogP contribution in [0.4, 0.5) is 0 Å². The van der Waals surface area contributed by atoms with Crippen molar-refractivity contribution in [3.63, 3.8) is 0 Å². The van der Waals surface area contributed by atoms with Crippen LogP contribution < -0.4 is 0 Å². The first kappa shape index (κ1) is 8.12. The summed E-state index contributed by atoms with van der Waals surface area (Å²) in [6.45, 7) is 0. The van der Waals surface area contributed by atoms with E-state index in [0.29, 0.717) is 11.7 Å². The van der Waals surface area contributed by atoms with Crippen LogP contribution in [0.3, 0.4) is 0 Å². The number of thioether (sulfide) groups is 1. The summed E-state index contributed by atoms with van der Waals surface area (Å²) in [6, 6.07) is 0. The molecule has 0 aromatic carbocycles. The van der Waals surface area contributed by atoms with Crippen molar-refractivity contribution in [3.8, 4) is 0 Å². The van der Waals surface area contributed by atoms with Crippen LogP contribution in [0.25, 0.3) is 0 Å². The smallest absolute Gasteiger partial charge is 0.136 e. The lowest BCUT2D eigenvalue weighted by Crippen LogP contribution is -2.20. The van der Waals surface area contributed by atoms with Crippen LogP contribution in [0.15, 0.2) is 0 Å². The van der Waals surface area contributed by atoms with Crippen LogP contribution in [-0.2, 0) is 4.79 Å². The third-order valence-corrected chi connectivity index (χ3v) is 2.78. The zero-order chi connectivity index (χ0) is 7.40. The summed E-state index contributed by atoms with van der Waals surface area (Å²) < 4.78 is 0. The van der Waals surface area contributed by atoms with Gasteiger partial charge in [-0.05, 0) is 19.1 Å². The van der Waals surface area contributed by atoms with Crippen molar-refractivity contribution in [3.05, 3.63) is 0 Å². The lowest BCUT2D eigenvalue weighted by atomic mass is 9.89. The molecule has 0 aliphatic heterocycles. The lowest BCUT2D eigenvalue weighted by molar-refractivity contribution is -0.123. The molecule has 10 heavy (non-hydrogen) atoms. The van der Waals surface area contributed by atoms with E-state index in [-0.39, 0.29) is 0 Å². The molecular weight excluding hydrogens is 144 g/mol. The van der Waals surface area contributed by atoms with Crippen molar-refractivity contribution >= 4 is 17.5 Å². The maximum Gasteiger partial charge on any atom is 0.136 e. The fourth-order valence-electron chi connectivity index (χ4n) is 1.43. The van der Waals surface area contributed by atoms with Gasteiger partial charge >= 0.3 is 0 Å². The van der Waals surface area contributed by atoms with Gasteiger partial charge in [0.2, 0.25) is 0 Å². The van der Waals surface area contributed by atoms with Gasteiger partial charge in [0, 0.05) is 18.1 Å². The molecule has 0 heterocycles. The van der Waals surface area contributed by atoms with Gasteiger partial charge in [-0.15, -0.1) is 0 Å². The Morgan fingerprint density at radius 3 is 3.00 bits per heavy atom. The van der Waals surface area contributed by atoms with E-state index in [1.807, 2.05) is 0 Å². The van der Waals surface area contributed by atoms with Crippen molar-refractivity contribution in [2.24, 2.45) is 5.92 Å². The molecule has 58 valence electrons. The SMILES string of the molecule is CSCC1CCCCC1=O. The Balaban J connectivity index is 2.32. The van der Waals surface area contributed by atoms with Crippen LogP contribution in [-0.4, -0.2) is 17.8 Å². The quantitative estimate of drug-likeness (QED) is 0.612. The molecule has 0 spiro atoms. The molecule has 1 nitrogen and oxygen atoms in total. The van der Waals surface area contributed by atoms with Crippen molar-refractivity contribution in [2.75, 3.05) is 12.0 Å². The second kappa shape index (κ2) is 4.02. The molecule has 2 heteroatoms. The molecule has 1 unspecified atom stereocenters. The average Bonchev–Trinajstić information content (AvgIpc) is 1.94. The summed E-state index contributed by atoms with van der Waals surface area (Å²) in [4.78, 5) is 11.2. The van der Waals surface area contributed by atoms with Gasteiger partial charge in [-0.2, -0.15) is 11.8 Å². The predicted molar refractivity (Wildman–Crippen MR) is 45.3 cm³/mol. The summed E-state index contributed by atoms with van der Waals surface area (Å²) >= 11 is 1.79. The Bertz CT molecular complexity index is 120. The highest BCUT2D eigenvalue weighted by Gasteiger charge is 2.20. The number of Topliss-reactive ketones (excluding diaryl/α,β-unsaturated/α-hetero) is 1. The summed E-state index contributed by atoms with van der Waals surface area (Å²) in [5, 5.41) is 0. The van der Waals surface area contributed by atoms with Crippen molar-refractivity contribution in [1.82, 2.24) is 0 Å². The van der Waals surface area contributed by atoms with Crippen LogP contribution in [0.2, 0.25) is 0 Å². The first-order valence-electron chi connectivity index (χ1n) is 3.86. The third kappa shape index (κ3) is 2.01. The maximum atomic E-state index is 11.2. The number of carbonyl (C=O) groups excluding carboxylic acids is 1. The lowest BCUT2D eigenvalue weighted by Gasteiger charge is -2.18. The Labute approximate surface area is 66.6 Å². The fourth-order valence-corrected chi connectivity index (χ4v) is 2.19. The van der Waals surface area contributed by atoms with Gasteiger partial charge in [0.15, 0.2) is 0 Å². The number of ketones is 1. The Kier molecular flexibility index (Phi) is 3.26. The van der Waals surface area contributed by atoms with Crippen LogP contribution in [0.5, 0.6) is 0 Å². The molecule has 0 amide bonds. The molecular formula is C8H14OS. The number of rotatable bonds is 2. The molecule has 1 rings (SSSR count). The highest BCUT2D eigenvalue weighted by molar-refractivity contribution is 7.98. The molecule has 0 N–H and O–H groups in total. The van der Waals surface area contributed by atoms with Crippen molar-refractivity contribution < 1.29 is 4.79 Å². The molecule has 0 aromatic heterocycles. The monoisotopic (exact) mass is 158 g/mol. The van der Waals surface area contributed by atoms with Gasteiger partial charge in [-0.3, -0.25) is 4.79 Å². The Morgan fingerprint density at radius 2 is 2.40 bits per heavy atom. The molecule has 1 aliphatic carbocycles. The summed E-state index contributed by atoms with van der Waals surface area (Å²) in [5.74, 6) is 1.93. The van der Waals surface area contributed by atoms with Gasteiger partial charge in [0.1, 0.15) is 5.78 Å². The maximum absolute atomic E-state index is 11.2. The van der Waals surface area contributed by atoms with Crippen molar-refractivity contribution in [2.45, 2.75) is 25.7 Å². The molecule has 0 bridgehead atoms. The highest BCUT2D eigenvalue weighted by Crippen LogP contribution is 2.22. The van der Waals surface area contributed by atoms with Crippen LogP contribution in [0.1, 0.15) is 25.7 Å². The molecule has 0 saturated heterocycles. The van der Waals surface area contributed by atoms with E-state index in [9.17, 15) is 4.79 Å². The topological polar surface area (TPSA) is 17.1 Å². The van der Waals surface area contributed by atoms with Gasteiger partial charge in [-0.25, -0.2) is 0 Å².